The standard InChI is InChI=1S/C7H15Cl2N2O2P/c8-2-4-10-14(12)11(6-3-9)5-1-7-13-14/h1-7H2,(H,10,12)/t14-/m0/s1/i2D2,7D2. The number of halogens is 2. The summed E-state index contributed by atoms with van der Waals surface area (Å²) in [5.41, 5.74) is 0. The highest BCUT2D eigenvalue weighted by atomic mass is 35.5. The van der Waals surface area contributed by atoms with Crippen LogP contribution in [-0.2, 0) is 9.09 Å². The largest absolute Gasteiger partial charge is 0.343 e. The summed E-state index contributed by atoms with van der Waals surface area (Å²) < 4.78 is 48.1. The molecule has 0 amide bonds. The molecule has 0 aromatic carbocycles. The highest BCUT2D eigenvalue weighted by molar-refractivity contribution is 7.54. The first-order valence-corrected chi connectivity index (χ1v) is 6.63. The van der Waals surface area contributed by atoms with Crippen molar-refractivity contribution in [2.75, 3.05) is 37.9 Å². The zero-order valence-electron chi connectivity index (χ0n) is 11.5. The molecular formula is C7H15Cl2N2O2P. The van der Waals surface area contributed by atoms with E-state index < -0.39 is 26.6 Å². The molecule has 0 saturated carbocycles. The van der Waals surface area contributed by atoms with Gasteiger partial charge in [-0.15, -0.1) is 23.2 Å². The maximum atomic E-state index is 12.5. The second-order valence-electron chi connectivity index (χ2n) is 2.62. The molecule has 0 bridgehead atoms. The second-order valence-corrected chi connectivity index (χ2v) is 5.37. The molecule has 0 radical (unpaired) electrons. The summed E-state index contributed by atoms with van der Waals surface area (Å²) in [6, 6.07) is 0. The summed E-state index contributed by atoms with van der Waals surface area (Å²) in [5.74, 6) is -1.87. The molecule has 1 aliphatic rings. The van der Waals surface area contributed by atoms with Gasteiger partial charge >= 0.3 is 7.67 Å². The van der Waals surface area contributed by atoms with Crippen molar-refractivity contribution < 1.29 is 14.6 Å². The smallest absolute Gasteiger partial charge is 0.306 e. The third-order valence-corrected chi connectivity index (χ3v) is 4.10. The molecule has 4 nitrogen and oxygen atoms in total. The molecule has 0 spiro atoms. The zero-order chi connectivity index (χ0) is 14.0. The van der Waals surface area contributed by atoms with E-state index in [-0.39, 0.29) is 25.4 Å². The van der Waals surface area contributed by atoms with Crippen molar-refractivity contribution in [3.05, 3.63) is 0 Å². The molecular weight excluding hydrogens is 246 g/mol. The van der Waals surface area contributed by atoms with Crippen LogP contribution in [0.3, 0.4) is 0 Å². The van der Waals surface area contributed by atoms with Crippen LogP contribution in [0, 0.1) is 0 Å². The number of nitrogens with one attached hydrogen (secondary N) is 1. The molecule has 0 unspecified atom stereocenters. The molecule has 1 rings (SSSR count). The van der Waals surface area contributed by atoms with Gasteiger partial charge in [-0.2, -0.15) is 0 Å². The average Bonchev–Trinajstić information content (AvgIpc) is 2.18. The number of hydrogen-bond donors (Lipinski definition) is 1. The summed E-state index contributed by atoms with van der Waals surface area (Å²) in [6.07, 6.45) is 0.0727. The van der Waals surface area contributed by atoms with Crippen molar-refractivity contribution in [2.24, 2.45) is 0 Å². The van der Waals surface area contributed by atoms with E-state index in [1.807, 2.05) is 0 Å². The second kappa shape index (κ2) is 6.31. The van der Waals surface area contributed by atoms with Gasteiger partial charge in [0, 0.05) is 34.1 Å². The average molecular weight is 265 g/mol. The Morgan fingerprint density at radius 1 is 1.71 bits per heavy atom. The van der Waals surface area contributed by atoms with Gasteiger partial charge in [0.15, 0.2) is 0 Å². The summed E-state index contributed by atoms with van der Waals surface area (Å²) >= 11 is 10.9. The number of hydrogen-bond acceptors (Lipinski definition) is 2. The van der Waals surface area contributed by atoms with Crippen molar-refractivity contribution >= 4 is 30.9 Å². The van der Waals surface area contributed by atoms with Gasteiger partial charge in [-0.3, -0.25) is 4.57 Å². The van der Waals surface area contributed by atoms with Gasteiger partial charge in [-0.1, -0.05) is 0 Å². The molecule has 1 fully saturated rings. The van der Waals surface area contributed by atoms with Crippen molar-refractivity contribution in [1.82, 2.24) is 9.76 Å². The number of nitrogens with zero attached hydrogens (tertiary/aromatic N) is 1. The van der Waals surface area contributed by atoms with Crippen LogP contribution >= 0.6 is 30.9 Å². The molecule has 1 N–H and O–H groups in total. The molecule has 7 heteroatoms. The predicted octanol–water partition coefficient (Wildman–Crippen LogP) is 1.88. The first-order valence-electron chi connectivity index (χ1n) is 6.14. The van der Waals surface area contributed by atoms with Gasteiger partial charge in [-0.05, 0) is 6.42 Å². The summed E-state index contributed by atoms with van der Waals surface area (Å²) in [4.78, 5) is 0. The molecule has 0 aliphatic carbocycles. The number of alkyl halides is 2. The van der Waals surface area contributed by atoms with Crippen LogP contribution in [0.1, 0.15) is 11.9 Å². The molecule has 1 heterocycles. The lowest BCUT2D eigenvalue weighted by atomic mass is 10.4. The Hall–Kier alpha value is 0.690. The van der Waals surface area contributed by atoms with Crippen molar-refractivity contribution in [3.63, 3.8) is 0 Å². The van der Waals surface area contributed by atoms with Gasteiger partial charge in [0.25, 0.3) is 0 Å². The van der Waals surface area contributed by atoms with E-state index in [1.54, 1.807) is 0 Å². The van der Waals surface area contributed by atoms with Gasteiger partial charge in [0.1, 0.15) is 0 Å². The monoisotopic (exact) mass is 264 g/mol. The zero-order valence-corrected chi connectivity index (χ0v) is 9.91. The molecule has 84 valence electrons. The number of rotatable bonds is 5. The maximum absolute atomic E-state index is 12.5. The Morgan fingerprint density at radius 2 is 2.50 bits per heavy atom. The normalized spacial score (nSPS) is 38.1. The molecule has 1 aliphatic heterocycles. The first-order chi connectivity index (χ1) is 8.08. The Labute approximate surface area is 100 Å². The van der Waals surface area contributed by atoms with Crippen LogP contribution in [0.25, 0.3) is 0 Å². The van der Waals surface area contributed by atoms with E-state index in [0.29, 0.717) is 0 Å². The van der Waals surface area contributed by atoms with Crippen LogP contribution in [0.15, 0.2) is 0 Å². The Bertz CT molecular complexity index is 342. The van der Waals surface area contributed by atoms with Gasteiger partial charge < -0.3 is 4.52 Å². The SMILES string of the molecule is [2H]C([2H])(Cl)CN[P@]1(=O)OC([2H])([2H])CCN1CCCl. The highest BCUT2D eigenvalue weighted by Gasteiger charge is 2.33. The van der Waals surface area contributed by atoms with Crippen LogP contribution in [-0.4, -0.2) is 42.6 Å². The minimum atomic E-state index is -3.66. The van der Waals surface area contributed by atoms with Crippen molar-refractivity contribution in [1.29, 1.82) is 0 Å². The third kappa shape index (κ3) is 3.37. The Morgan fingerprint density at radius 3 is 3.14 bits per heavy atom. The molecule has 0 aromatic heterocycles. The lowest BCUT2D eigenvalue weighted by Crippen LogP contribution is -2.36. The Balaban J connectivity index is 2.78. The maximum Gasteiger partial charge on any atom is 0.343 e. The molecule has 1 saturated heterocycles. The lowest BCUT2D eigenvalue weighted by Gasteiger charge is -2.34. The molecule has 1 atom stereocenters. The lowest BCUT2D eigenvalue weighted by molar-refractivity contribution is 0.203. The third-order valence-electron chi connectivity index (χ3n) is 1.72. The topological polar surface area (TPSA) is 41.6 Å². The summed E-state index contributed by atoms with van der Waals surface area (Å²) in [7, 11) is -3.66. The van der Waals surface area contributed by atoms with Crippen LogP contribution in [0.2, 0.25) is 0 Å². The fourth-order valence-electron chi connectivity index (χ4n) is 1.10. The fourth-order valence-corrected chi connectivity index (χ4v) is 3.23. The summed E-state index contributed by atoms with van der Waals surface area (Å²) in [6.45, 7) is -1.95. The quantitative estimate of drug-likeness (QED) is 0.608. The minimum Gasteiger partial charge on any atom is -0.306 e. The van der Waals surface area contributed by atoms with Gasteiger partial charge in [-0.25, -0.2) is 9.76 Å². The fraction of sp³-hybridized carbons (Fsp3) is 1.00. The highest BCUT2D eigenvalue weighted by Crippen LogP contribution is 2.48. The van der Waals surface area contributed by atoms with Crippen LogP contribution < -0.4 is 5.09 Å². The van der Waals surface area contributed by atoms with Gasteiger partial charge in [0.05, 0.1) is 9.30 Å². The van der Waals surface area contributed by atoms with Crippen LogP contribution in [0.5, 0.6) is 0 Å². The van der Waals surface area contributed by atoms with Crippen molar-refractivity contribution in [3.8, 4) is 0 Å². The van der Waals surface area contributed by atoms with E-state index in [9.17, 15) is 4.57 Å². The predicted molar refractivity (Wildman–Crippen MR) is 59.2 cm³/mol. The molecule has 14 heavy (non-hydrogen) atoms. The van der Waals surface area contributed by atoms with E-state index in [1.165, 1.54) is 4.67 Å². The van der Waals surface area contributed by atoms with Gasteiger partial charge in [0.2, 0.25) is 0 Å². The van der Waals surface area contributed by atoms with Crippen LogP contribution in [0.4, 0.5) is 0 Å². The van der Waals surface area contributed by atoms with E-state index in [4.69, 9.17) is 33.2 Å². The van der Waals surface area contributed by atoms with E-state index in [2.05, 4.69) is 5.09 Å². The van der Waals surface area contributed by atoms with Crippen molar-refractivity contribution in [2.45, 2.75) is 6.42 Å². The molecule has 0 aromatic rings. The van der Waals surface area contributed by atoms with E-state index >= 15 is 0 Å². The Kier molecular flexibility index (Phi) is 3.55. The summed E-state index contributed by atoms with van der Waals surface area (Å²) in [5, 5.41) is 2.38. The minimum absolute atomic E-state index is 0.0727. The first kappa shape index (κ1) is 7.88. The van der Waals surface area contributed by atoms with E-state index in [0.717, 1.165) is 0 Å².